The van der Waals surface area contributed by atoms with Gasteiger partial charge in [0, 0.05) is 11.7 Å². The van der Waals surface area contributed by atoms with Crippen molar-refractivity contribution in [1.29, 1.82) is 0 Å². The number of aryl methyl sites for hydroxylation is 2. The normalized spacial score (nSPS) is 15.3. The maximum absolute atomic E-state index is 12.4. The quantitative estimate of drug-likeness (QED) is 0.776. The Morgan fingerprint density at radius 3 is 2.83 bits per heavy atom. The molecule has 1 saturated carbocycles. The van der Waals surface area contributed by atoms with Gasteiger partial charge in [-0.15, -0.1) is 10.2 Å². The third kappa shape index (κ3) is 4.45. The highest BCUT2D eigenvalue weighted by Crippen LogP contribution is 2.32. The molecule has 0 unspecified atom stereocenters. The first kappa shape index (κ1) is 16.3. The minimum atomic E-state index is -0.225. The Morgan fingerprint density at radius 1 is 1.35 bits per heavy atom. The molecule has 7 heteroatoms. The maximum atomic E-state index is 12.4. The van der Waals surface area contributed by atoms with Crippen LogP contribution in [0.2, 0.25) is 0 Å². The van der Waals surface area contributed by atoms with Crippen LogP contribution in [0.3, 0.4) is 0 Å². The van der Waals surface area contributed by atoms with Crippen LogP contribution in [0.25, 0.3) is 0 Å². The number of hydrogen-bond donors (Lipinski definition) is 2. The van der Waals surface area contributed by atoms with E-state index in [1.165, 1.54) is 41.5 Å². The SMILES string of the molecule is Cc1ccc(NC(=O)[C@H](C)Sc2nnc(NC3CC3)s2)c(C)c1. The van der Waals surface area contributed by atoms with Crippen LogP contribution in [0.15, 0.2) is 22.5 Å². The summed E-state index contributed by atoms with van der Waals surface area (Å²) in [4.78, 5) is 12.4. The predicted octanol–water partition coefficient (Wildman–Crippen LogP) is 3.85. The van der Waals surface area contributed by atoms with Gasteiger partial charge in [0.1, 0.15) is 0 Å². The van der Waals surface area contributed by atoms with Crippen molar-refractivity contribution in [3.05, 3.63) is 29.3 Å². The number of carbonyl (C=O) groups is 1. The average Bonchev–Trinajstić information content (AvgIpc) is 3.20. The van der Waals surface area contributed by atoms with Crippen molar-refractivity contribution in [3.63, 3.8) is 0 Å². The number of thioether (sulfide) groups is 1. The fourth-order valence-corrected chi connectivity index (χ4v) is 4.08. The van der Waals surface area contributed by atoms with Crippen LogP contribution in [0.4, 0.5) is 10.8 Å². The van der Waals surface area contributed by atoms with E-state index >= 15 is 0 Å². The van der Waals surface area contributed by atoms with E-state index in [1.807, 2.05) is 32.9 Å². The Labute approximate surface area is 144 Å². The lowest BCUT2D eigenvalue weighted by Crippen LogP contribution is -2.22. The minimum Gasteiger partial charge on any atom is -0.357 e. The molecule has 1 fully saturated rings. The summed E-state index contributed by atoms with van der Waals surface area (Å²) >= 11 is 2.95. The Morgan fingerprint density at radius 2 is 2.13 bits per heavy atom. The highest BCUT2D eigenvalue weighted by Gasteiger charge is 2.23. The predicted molar refractivity (Wildman–Crippen MR) is 96.4 cm³/mol. The molecular formula is C16H20N4OS2. The molecular weight excluding hydrogens is 328 g/mol. The van der Waals surface area contributed by atoms with Crippen molar-refractivity contribution in [2.24, 2.45) is 0 Å². The second kappa shape index (κ2) is 6.88. The fourth-order valence-electron chi connectivity index (χ4n) is 2.11. The lowest BCUT2D eigenvalue weighted by molar-refractivity contribution is -0.115. The molecule has 5 nitrogen and oxygen atoms in total. The first-order valence-corrected chi connectivity index (χ1v) is 9.35. The summed E-state index contributed by atoms with van der Waals surface area (Å²) in [6.07, 6.45) is 2.41. The highest BCUT2D eigenvalue weighted by molar-refractivity contribution is 8.02. The lowest BCUT2D eigenvalue weighted by atomic mass is 10.1. The smallest absolute Gasteiger partial charge is 0.237 e. The van der Waals surface area contributed by atoms with Crippen LogP contribution in [0, 0.1) is 13.8 Å². The molecule has 0 aliphatic heterocycles. The number of hydrogen-bond acceptors (Lipinski definition) is 6. The molecule has 0 bridgehead atoms. The van der Waals surface area contributed by atoms with E-state index in [0.717, 1.165) is 20.7 Å². The van der Waals surface area contributed by atoms with Gasteiger partial charge in [-0.05, 0) is 45.2 Å². The van der Waals surface area contributed by atoms with Gasteiger partial charge >= 0.3 is 0 Å². The van der Waals surface area contributed by atoms with Gasteiger partial charge in [-0.1, -0.05) is 40.8 Å². The molecule has 2 aromatic rings. The minimum absolute atomic E-state index is 0.0196. The molecule has 1 aromatic carbocycles. The molecule has 0 saturated heterocycles. The number of benzene rings is 1. The largest absolute Gasteiger partial charge is 0.357 e. The Balaban J connectivity index is 1.57. The van der Waals surface area contributed by atoms with Crippen molar-refractivity contribution in [1.82, 2.24) is 10.2 Å². The number of amides is 1. The third-order valence-corrected chi connectivity index (χ3v) is 5.64. The van der Waals surface area contributed by atoms with Crippen LogP contribution >= 0.6 is 23.1 Å². The third-order valence-electron chi connectivity index (χ3n) is 3.60. The van der Waals surface area contributed by atoms with E-state index in [2.05, 4.69) is 26.9 Å². The number of nitrogens with zero attached hydrogens (tertiary/aromatic N) is 2. The molecule has 0 spiro atoms. The molecule has 122 valence electrons. The van der Waals surface area contributed by atoms with E-state index in [-0.39, 0.29) is 11.2 Å². The molecule has 1 atom stereocenters. The van der Waals surface area contributed by atoms with Gasteiger partial charge in [0.2, 0.25) is 11.0 Å². The summed E-state index contributed by atoms with van der Waals surface area (Å²) in [6, 6.07) is 6.57. The monoisotopic (exact) mass is 348 g/mol. The molecule has 0 radical (unpaired) electrons. The standard InChI is InChI=1S/C16H20N4OS2/c1-9-4-7-13(10(2)8-9)18-14(21)11(3)22-16-20-19-15(23-16)17-12-5-6-12/h4,7-8,11-12H,5-6H2,1-3H3,(H,17,19)(H,18,21)/t11-/m0/s1. The van der Waals surface area contributed by atoms with Gasteiger partial charge in [-0.3, -0.25) is 4.79 Å². The zero-order valence-electron chi connectivity index (χ0n) is 13.4. The van der Waals surface area contributed by atoms with E-state index in [9.17, 15) is 4.79 Å². The Bertz CT molecular complexity index is 712. The van der Waals surface area contributed by atoms with Gasteiger partial charge in [0.05, 0.1) is 5.25 Å². The average molecular weight is 348 g/mol. The summed E-state index contributed by atoms with van der Waals surface area (Å²) in [5, 5.41) is 15.2. The fraction of sp³-hybridized carbons (Fsp3) is 0.438. The highest BCUT2D eigenvalue weighted by atomic mass is 32.2. The van der Waals surface area contributed by atoms with E-state index in [4.69, 9.17) is 0 Å². The number of rotatable bonds is 6. The molecule has 2 N–H and O–H groups in total. The van der Waals surface area contributed by atoms with E-state index in [1.54, 1.807) is 0 Å². The van der Waals surface area contributed by atoms with Crippen LogP contribution in [-0.4, -0.2) is 27.4 Å². The van der Waals surface area contributed by atoms with Crippen LogP contribution < -0.4 is 10.6 Å². The Hall–Kier alpha value is -1.60. The van der Waals surface area contributed by atoms with Crippen LogP contribution in [-0.2, 0) is 4.79 Å². The van der Waals surface area contributed by atoms with Crippen molar-refractivity contribution in [2.75, 3.05) is 10.6 Å². The summed E-state index contributed by atoms with van der Waals surface area (Å²) in [5.74, 6) is -0.0196. The zero-order valence-corrected chi connectivity index (χ0v) is 15.1. The topological polar surface area (TPSA) is 66.9 Å². The number of anilines is 2. The van der Waals surface area contributed by atoms with Gasteiger partial charge < -0.3 is 10.6 Å². The second-order valence-corrected chi connectivity index (χ2v) is 8.42. The van der Waals surface area contributed by atoms with Gasteiger partial charge in [-0.2, -0.15) is 0 Å². The molecule has 1 amide bonds. The Kier molecular flexibility index (Phi) is 4.87. The van der Waals surface area contributed by atoms with Gasteiger partial charge in [0.15, 0.2) is 4.34 Å². The summed E-state index contributed by atoms with van der Waals surface area (Å²) in [5.41, 5.74) is 3.12. The van der Waals surface area contributed by atoms with Crippen molar-refractivity contribution < 1.29 is 4.79 Å². The maximum Gasteiger partial charge on any atom is 0.237 e. The molecule has 1 aliphatic rings. The second-order valence-electron chi connectivity index (χ2n) is 5.86. The summed E-state index contributed by atoms with van der Waals surface area (Å²) in [7, 11) is 0. The van der Waals surface area contributed by atoms with E-state index in [0.29, 0.717) is 6.04 Å². The number of nitrogens with one attached hydrogen (secondary N) is 2. The van der Waals surface area contributed by atoms with E-state index < -0.39 is 0 Å². The molecule has 1 heterocycles. The zero-order chi connectivity index (χ0) is 16.4. The molecule has 1 aromatic heterocycles. The lowest BCUT2D eigenvalue weighted by Gasteiger charge is -2.12. The first-order valence-electron chi connectivity index (χ1n) is 7.66. The molecule has 3 rings (SSSR count). The molecule has 23 heavy (non-hydrogen) atoms. The van der Waals surface area contributed by atoms with Crippen LogP contribution in [0.1, 0.15) is 30.9 Å². The summed E-state index contributed by atoms with van der Waals surface area (Å²) in [6.45, 7) is 5.93. The van der Waals surface area contributed by atoms with Crippen molar-refractivity contribution in [3.8, 4) is 0 Å². The number of carbonyl (C=O) groups excluding carboxylic acids is 1. The van der Waals surface area contributed by atoms with Crippen LogP contribution in [0.5, 0.6) is 0 Å². The first-order chi connectivity index (χ1) is 11.0. The summed E-state index contributed by atoms with van der Waals surface area (Å²) < 4.78 is 0.816. The van der Waals surface area contributed by atoms with Gasteiger partial charge in [0.25, 0.3) is 0 Å². The van der Waals surface area contributed by atoms with Gasteiger partial charge in [-0.25, -0.2) is 0 Å². The molecule has 1 aliphatic carbocycles. The van der Waals surface area contributed by atoms with Crippen molar-refractivity contribution >= 4 is 39.8 Å². The number of aromatic nitrogens is 2. The van der Waals surface area contributed by atoms with Crippen molar-refractivity contribution in [2.45, 2.75) is 49.2 Å².